The van der Waals surface area contributed by atoms with E-state index in [4.69, 9.17) is 26.2 Å². The second-order valence-electron chi connectivity index (χ2n) is 4.70. The minimum Gasteiger partial charge on any atom is -0.443 e. The van der Waals surface area contributed by atoms with E-state index in [1.165, 1.54) is 0 Å². The summed E-state index contributed by atoms with van der Waals surface area (Å²) in [7, 11) is 0. The maximum atomic E-state index is 7.65. The molecule has 0 bridgehead atoms. The third-order valence-corrected chi connectivity index (χ3v) is 3.74. The predicted octanol–water partition coefficient (Wildman–Crippen LogP) is 3.22. The first-order chi connectivity index (χ1) is 9.79. The van der Waals surface area contributed by atoms with Gasteiger partial charge in [-0.15, -0.1) is 0 Å². The van der Waals surface area contributed by atoms with E-state index in [1.54, 1.807) is 0 Å². The summed E-state index contributed by atoms with van der Waals surface area (Å²) in [5.41, 5.74) is 1.84. The molecule has 3 rings (SSSR count). The summed E-state index contributed by atoms with van der Waals surface area (Å²) < 4.78 is 11.8. The number of halogens is 1. The van der Waals surface area contributed by atoms with Crippen LogP contribution < -0.4 is 0 Å². The Morgan fingerprint density at radius 2 is 1.65 bits per heavy atom. The van der Waals surface area contributed by atoms with E-state index in [-0.39, 0.29) is 18.8 Å². The molecule has 3 atom stereocenters. The molecule has 1 fully saturated rings. The van der Waals surface area contributed by atoms with Crippen LogP contribution in [-0.4, -0.2) is 17.8 Å². The highest BCUT2D eigenvalue weighted by atomic mass is 35.5. The molecular formula is C16H16ClO3+. The lowest BCUT2D eigenvalue weighted by atomic mass is 10.1. The fourth-order valence-corrected chi connectivity index (χ4v) is 2.63. The third-order valence-electron chi connectivity index (χ3n) is 3.39. The summed E-state index contributed by atoms with van der Waals surface area (Å²) in [6.45, 7) is 0.138. The zero-order valence-corrected chi connectivity index (χ0v) is 11.6. The van der Waals surface area contributed by atoms with Crippen molar-refractivity contribution in [2.24, 2.45) is 0 Å². The summed E-state index contributed by atoms with van der Waals surface area (Å²) in [5, 5.41) is 8.30. The second kappa shape index (κ2) is 5.94. The number of rotatable bonds is 3. The summed E-state index contributed by atoms with van der Waals surface area (Å²) in [6, 6.07) is 17.3. The van der Waals surface area contributed by atoms with Crippen molar-refractivity contribution in [2.45, 2.75) is 18.5 Å². The topological polar surface area (TPSA) is 41.4 Å². The van der Waals surface area contributed by atoms with E-state index in [0.717, 1.165) is 11.1 Å². The molecule has 0 aromatic heterocycles. The molecule has 1 aliphatic heterocycles. The van der Waals surface area contributed by atoms with Crippen LogP contribution in [0, 0.1) is 0 Å². The highest BCUT2D eigenvalue weighted by Gasteiger charge is 2.39. The minimum atomic E-state index is -0.437. The van der Waals surface area contributed by atoms with Crippen molar-refractivity contribution in [3.63, 3.8) is 0 Å². The summed E-state index contributed by atoms with van der Waals surface area (Å²) in [4.78, 5) is 0. The summed E-state index contributed by atoms with van der Waals surface area (Å²) >= 11 is 6.22. The fraction of sp³-hybridized carbons (Fsp3) is 0.250. The monoisotopic (exact) mass is 291 g/mol. The van der Waals surface area contributed by atoms with Crippen LogP contribution in [0.2, 0.25) is 5.02 Å². The van der Waals surface area contributed by atoms with Crippen molar-refractivity contribution in [1.29, 1.82) is 0 Å². The van der Waals surface area contributed by atoms with Crippen LogP contribution in [-0.2, 0) is 9.47 Å². The lowest BCUT2D eigenvalue weighted by molar-refractivity contribution is -0.0739. The molecule has 2 N–H and O–H groups in total. The van der Waals surface area contributed by atoms with Crippen LogP contribution in [0.3, 0.4) is 0 Å². The molecule has 0 amide bonds. The van der Waals surface area contributed by atoms with E-state index < -0.39 is 6.29 Å². The predicted molar refractivity (Wildman–Crippen MR) is 77.8 cm³/mol. The van der Waals surface area contributed by atoms with Gasteiger partial charge in [0.15, 0.2) is 19.0 Å². The SMILES string of the molecule is [OH2+]C[C@@H]1OC(c2ccccc2)O[C@H]1c1ccccc1Cl. The molecule has 4 heteroatoms. The molecule has 1 saturated heterocycles. The van der Waals surface area contributed by atoms with Gasteiger partial charge in [-0.1, -0.05) is 60.1 Å². The summed E-state index contributed by atoms with van der Waals surface area (Å²) in [5.74, 6) is 0. The third kappa shape index (κ3) is 2.58. The highest BCUT2D eigenvalue weighted by molar-refractivity contribution is 6.31. The van der Waals surface area contributed by atoms with E-state index >= 15 is 0 Å². The van der Waals surface area contributed by atoms with Gasteiger partial charge in [0, 0.05) is 16.1 Å². The van der Waals surface area contributed by atoms with Gasteiger partial charge in [0.2, 0.25) is 0 Å². The second-order valence-corrected chi connectivity index (χ2v) is 5.11. The fourth-order valence-electron chi connectivity index (χ4n) is 2.38. The zero-order chi connectivity index (χ0) is 13.9. The van der Waals surface area contributed by atoms with Crippen LogP contribution in [0.1, 0.15) is 23.5 Å². The number of hydrogen-bond acceptors (Lipinski definition) is 2. The molecule has 0 saturated carbocycles. The molecule has 1 aliphatic rings. The van der Waals surface area contributed by atoms with Gasteiger partial charge in [0.05, 0.1) is 0 Å². The van der Waals surface area contributed by atoms with Crippen molar-refractivity contribution >= 4 is 11.6 Å². The van der Waals surface area contributed by atoms with Gasteiger partial charge < -0.3 is 14.6 Å². The first-order valence-corrected chi connectivity index (χ1v) is 6.92. The van der Waals surface area contributed by atoms with E-state index in [9.17, 15) is 0 Å². The standard InChI is InChI=1S/C16H15ClO3/c17-13-9-5-4-8-12(13)15-14(10-18)19-16(20-15)11-6-2-1-3-7-11/h1-9,14-16,18H,10H2/p+1/t14-,15-,16?/m0/s1. The number of benzene rings is 2. The van der Waals surface area contributed by atoms with Gasteiger partial charge in [0.1, 0.15) is 6.10 Å². The molecule has 0 spiro atoms. The van der Waals surface area contributed by atoms with Gasteiger partial charge in [-0.05, 0) is 6.07 Å². The Labute approximate surface area is 122 Å². The minimum absolute atomic E-state index is 0.138. The first kappa shape index (κ1) is 13.6. The Hall–Kier alpha value is -1.39. The van der Waals surface area contributed by atoms with Gasteiger partial charge >= 0.3 is 0 Å². The quantitative estimate of drug-likeness (QED) is 0.815. The average Bonchev–Trinajstić information content (AvgIpc) is 2.93. The number of ether oxygens (including phenoxy) is 2. The molecule has 2 aromatic rings. The van der Waals surface area contributed by atoms with E-state index in [1.807, 2.05) is 54.6 Å². The Morgan fingerprint density at radius 1 is 0.950 bits per heavy atom. The van der Waals surface area contributed by atoms with Gasteiger partial charge in [-0.25, -0.2) is 0 Å². The van der Waals surface area contributed by atoms with Crippen LogP contribution >= 0.6 is 11.6 Å². The lowest BCUT2D eigenvalue weighted by Gasteiger charge is -2.14. The van der Waals surface area contributed by atoms with Crippen molar-refractivity contribution in [1.82, 2.24) is 0 Å². The molecular weight excluding hydrogens is 276 g/mol. The number of hydrogen-bond donors (Lipinski definition) is 0. The maximum absolute atomic E-state index is 7.65. The van der Waals surface area contributed by atoms with Crippen molar-refractivity contribution < 1.29 is 14.6 Å². The van der Waals surface area contributed by atoms with Crippen molar-refractivity contribution in [2.75, 3.05) is 6.61 Å². The molecule has 0 radical (unpaired) electrons. The Kier molecular flexibility index (Phi) is 4.03. The smallest absolute Gasteiger partial charge is 0.185 e. The molecule has 3 nitrogen and oxygen atoms in total. The van der Waals surface area contributed by atoms with Crippen LogP contribution in [0.25, 0.3) is 0 Å². The largest absolute Gasteiger partial charge is 0.443 e. The van der Waals surface area contributed by atoms with E-state index in [0.29, 0.717) is 5.02 Å². The van der Waals surface area contributed by atoms with Gasteiger partial charge in [0.25, 0.3) is 0 Å². The van der Waals surface area contributed by atoms with Crippen molar-refractivity contribution in [3.8, 4) is 0 Å². The molecule has 2 aromatic carbocycles. The Morgan fingerprint density at radius 3 is 2.35 bits per heavy atom. The normalized spacial score (nSPS) is 25.8. The molecule has 104 valence electrons. The summed E-state index contributed by atoms with van der Waals surface area (Å²) in [6.07, 6.45) is -1.04. The first-order valence-electron chi connectivity index (χ1n) is 6.54. The van der Waals surface area contributed by atoms with Gasteiger partial charge in [-0.2, -0.15) is 0 Å². The highest BCUT2D eigenvalue weighted by Crippen LogP contribution is 2.41. The molecule has 20 heavy (non-hydrogen) atoms. The van der Waals surface area contributed by atoms with E-state index in [2.05, 4.69) is 0 Å². The van der Waals surface area contributed by atoms with Crippen molar-refractivity contribution in [3.05, 3.63) is 70.7 Å². The Bertz CT molecular complexity index is 573. The molecule has 1 heterocycles. The molecule has 1 unspecified atom stereocenters. The van der Waals surface area contributed by atoms with Crippen LogP contribution in [0.4, 0.5) is 0 Å². The Balaban J connectivity index is 1.87. The molecule has 0 aliphatic carbocycles. The average molecular weight is 292 g/mol. The lowest BCUT2D eigenvalue weighted by Crippen LogP contribution is -2.19. The zero-order valence-electron chi connectivity index (χ0n) is 10.8. The van der Waals surface area contributed by atoms with Gasteiger partial charge in [-0.3, -0.25) is 0 Å². The van der Waals surface area contributed by atoms with Crippen LogP contribution in [0.15, 0.2) is 54.6 Å². The maximum Gasteiger partial charge on any atom is 0.185 e. The van der Waals surface area contributed by atoms with Crippen LogP contribution in [0.5, 0.6) is 0 Å².